The van der Waals surface area contributed by atoms with E-state index < -0.39 is 0 Å². The van der Waals surface area contributed by atoms with E-state index in [1.54, 1.807) is 0 Å². The Kier molecular flexibility index (Phi) is 4.69. The van der Waals surface area contributed by atoms with Gasteiger partial charge in [0.1, 0.15) is 5.52 Å². The molecule has 3 aromatic rings. The molecule has 0 N–H and O–H groups in total. The highest BCUT2D eigenvalue weighted by Gasteiger charge is 2.29. The molecule has 1 unspecified atom stereocenters. The van der Waals surface area contributed by atoms with Crippen LogP contribution in [0.3, 0.4) is 0 Å². The van der Waals surface area contributed by atoms with E-state index in [-0.39, 0.29) is 5.91 Å². The Labute approximate surface area is 153 Å². The van der Waals surface area contributed by atoms with Crippen LogP contribution in [0.2, 0.25) is 0 Å². The van der Waals surface area contributed by atoms with E-state index in [4.69, 9.17) is 0 Å². The van der Waals surface area contributed by atoms with E-state index in [2.05, 4.69) is 34.6 Å². The summed E-state index contributed by atoms with van der Waals surface area (Å²) in [5.74, 6) is 0.119. The van der Waals surface area contributed by atoms with Gasteiger partial charge in [0.25, 0.3) is 5.91 Å². The summed E-state index contributed by atoms with van der Waals surface area (Å²) in [4.78, 5) is 15.1. The first-order chi connectivity index (χ1) is 12.8. The van der Waals surface area contributed by atoms with Crippen molar-refractivity contribution in [2.75, 3.05) is 6.54 Å². The van der Waals surface area contributed by atoms with Crippen LogP contribution in [-0.2, 0) is 13.0 Å². The molecule has 0 bridgehead atoms. The number of fused-ring (bicyclic) bond motifs is 1. The second-order valence-electron chi connectivity index (χ2n) is 6.93. The molecule has 1 aliphatic heterocycles. The molecule has 4 rings (SSSR count). The van der Waals surface area contributed by atoms with E-state index in [0.29, 0.717) is 11.6 Å². The Hall–Kier alpha value is -2.69. The number of rotatable bonds is 5. The summed E-state index contributed by atoms with van der Waals surface area (Å²) in [7, 11) is 0. The molecule has 0 saturated carbocycles. The van der Waals surface area contributed by atoms with Crippen molar-refractivity contribution in [2.45, 2.75) is 45.2 Å². The SMILES string of the molecule is CCn1nnc2cc(C(=O)N3CCCC3CCc3ccccc3)ccc21. The van der Waals surface area contributed by atoms with Crippen molar-refractivity contribution in [3.05, 3.63) is 59.7 Å². The lowest BCUT2D eigenvalue weighted by atomic mass is 10.0. The molecule has 1 fully saturated rings. The maximum absolute atomic E-state index is 13.1. The standard InChI is InChI=1S/C21H24N4O/c1-2-25-20-13-11-17(15-19(20)22-23-25)21(26)24-14-6-9-18(24)12-10-16-7-4-3-5-8-16/h3-5,7-8,11,13,15,18H,2,6,9-10,12,14H2,1H3. The minimum absolute atomic E-state index is 0.119. The monoisotopic (exact) mass is 348 g/mol. The predicted molar refractivity (Wildman–Crippen MR) is 102 cm³/mol. The summed E-state index contributed by atoms with van der Waals surface area (Å²) < 4.78 is 1.85. The van der Waals surface area contributed by atoms with Crippen LogP contribution in [0.4, 0.5) is 0 Å². The molecular formula is C21H24N4O. The number of hydrogen-bond donors (Lipinski definition) is 0. The Morgan fingerprint density at radius 1 is 1.19 bits per heavy atom. The van der Waals surface area contributed by atoms with Crippen LogP contribution in [-0.4, -0.2) is 38.4 Å². The third kappa shape index (κ3) is 3.21. The molecule has 0 radical (unpaired) electrons. The van der Waals surface area contributed by atoms with Crippen LogP contribution < -0.4 is 0 Å². The molecule has 134 valence electrons. The Morgan fingerprint density at radius 3 is 2.85 bits per heavy atom. The average Bonchev–Trinajstić information content (AvgIpc) is 3.32. The van der Waals surface area contributed by atoms with Gasteiger partial charge in [0.15, 0.2) is 0 Å². The van der Waals surface area contributed by atoms with Crippen LogP contribution in [0, 0.1) is 0 Å². The molecule has 1 saturated heterocycles. The van der Waals surface area contributed by atoms with Crippen molar-refractivity contribution in [1.29, 1.82) is 0 Å². The number of carbonyl (C=O) groups is 1. The lowest BCUT2D eigenvalue weighted by molar-refractivity contribution is 0.0731. The molecule has 26 heavy (non-hydrogen) atoms. The number of hydrogen-bond acceptors (Lipinski definition) is 3. The first-order valence-electron chi connectivity index (χ1n) is 9.44. The van der Waals surface area contributed by atoms with Gasteiger partial charge in [-0.25, -0.2) is 4.68 Å². The molecule has 1 aromatic heterocycles. The van der Waals surface area contributed by atoms with Crippen LogP contribution >= 0.6 is 0 Å². The predicted octanol–water partition coefficient (Wildman–Crippen LogP) is 3.69. The molecule has 5 nitrogen and oxygen atoms in total. The summed E-state index contributed by atoms with van der Waals surface area (Å²) in [6.45, 7) is 3.66. The second kappa shape index (κ2) is 7.28. The molecule has 0 aliphatic carbocycles. The van der Waals surface area contributed by atoms with Crippen LogP contribution in [0.1, 0.15) is 42.1 Å². The summed E-state index contributed by atoms with van der Waals surface area (Å²) in [6, 6.07) is 16.6. The second-order valence-corrected chi connectivity index (χ2v) is 6.93. The topological polar surface area (TPSA) is 51.0 Å². The van der Waals surface area contributed by atoms with Crippen molar-refractivity contribution in [3.8, 4) is 0 Å². The van der Waals surface area contributed by atoms with Gasteiger partial charge in [-0.15, -0.1) is 5.10 Å². The number of nitrogens with zero attached hydrogens (tertiary/aromatic N) is 4. The Balaban J connectivity index is 1.49. The zero-order valence-corrected chi connectivity index (χ0v) is 15.1. The fraction of sp³-hybridized carbons (Fsp3) is 0.381. The maximum atomic E-state index is 13.1. The number of aromatic nitrogens is 3. The van der Waals surface area contributed by atoms with Crippen molar-refractivity contribution in [2.24, 2.45) is 0 Å². The number of carbonyl (C=O) groups excluding carboxylic acids is 1. The van der Waals surface area contributed by atoms with Gasteiger partial charge in [0.05, 0.1) is 5.52 Å². The van der Waals surface area contributed by atoms with E-state index in [9.17, 15) is 4.79 Å². The fourth-order valence-corrected chi connectivity index (χ4v) is 3.89. The average molecular weight is 348 g/mol. The van der Waals surface area contributed by atoms with Crippen LogP contribution in [0.25, 0.3) is 11.0 Å². The van der Waals surface area contributed by atoms with Gasteiger partial charge in [-0.2, -0.15) is 0 Å². The molecular weight excluding hydrogens is 324 g/mol. The maximum Gasteiger partial charge on any atom is 0.254 e. The van der Waals surface area contributed by atoms with E-state index in [1.807, 2.05) is 40.8 Å². The molecule has 2 heterocycles. The van der Waals surface area contributed by atoms with Gasteiger partial charge in [0.2, 0.25) is 0 Å². The highest BCUT2D eigenvalue weighted by Crippen LogP contribution is 2.25. The fourth-order valence-electron chi connectivity index (χ4n) is 3.89. The van der Waals surface area contributed by atoms with Gasteiger partial charge < -0.3 is 4.90 Å². The minimum Gasteiger partial charge on any atom is -0.336 e. The first kappa shape index (κ1) is 16.8. The summed E-state index contributed by atoms with van der Waals surface area (Å²) in [5.41, 5.74) is 3.82. The number of aryl methyl sites for hydroxylation is 2. The highest BCUT2D eigenvalue weighted by atomic mass is 16.2. The number of likely N-dealkylation sites (tertiary alicyclic amines) is 1. The van der Waals surface area contributed by atoms with Gasteiger partial charge in [-0.3, -0.25) is 4.79 Å². The molecule has 2 aromatic carbocycles. The highest BCUT2D eigenvalue weighted by molar-refractivity contribution is 5.97. The first-order valence-corrected chi connectivity index (χ1v) is 9.44. The largest absolute Gasteiger partial charge is 0.336 e. The molecule has 0 spiro atoms. The summed E-state index contributed by atoms with van der Waals surface area (Å²) >= 11 is 0. The zero-order valence-electron chi connectivity index (χ0n) is 15.1. The third-order valence-electron chi connectivity index (χ3n) is 5.31. The van der Waals surface area contributed by atoms with Crippen molar-refractivity contribution < 1.29 is 4.79 Å². The van der Waals surface area contributed by atoms with Crippen molar-refractivity contribution in [3.63, 3.8) is 0 Å². The third-order valence-corrected chi connectivity index (χ3v) is 5.31. The van der Waals surface area contributed by atoms with Gasteiger partial charge >= 0.3 is 0 Å². The summed E-state index contributed by atoms with van der Waals surface area (Å²) in [6.07, 6.45) is 4.20. The van der Waals surface area contributed by atoms with E-state index in [1.165, 1.54) is 5.56 Å². The lowest BCUT2D eigenvalue weighted by Gasteiger charge is -2.25. The van der Waals surface area contributed by atoms with Crippen LogP contribution in [0.5, 0.6) is 0 Å². The quantitative estimate of drug-likeness (QED) is 0.706. The van der Waals surface area contributed by atoms with Crippen LogP contribution in [0.15, 0.2) is 48.5 Å². The number of benzene rings is 2. The van der Waals surface area contributed by atoms with Gasteiger partial charge in [-0.05, 0) is 56.4 Å². The molecule has 5 heteroatoms. The molecule has 1 amide bonds. The van der Waals surface area contributed by atoms with E-state index >= 15 is 0 Å². The van der Waals surface area contributed by atoms with E-state index in [0.717, 1.165) is 49.8 Å². The van der Waals surface area contributed by atoms with Crippen molar-refractivity contribution in [1.82, 2.24) is 19.9 Å². The Morgan fingerprint density at radius 2 is 2.04 bits per heavy atom. The van der Waals surface area contributed by atoms with Crippen molar-refractivity contribution >= 4 is 16.9 Å². The van der Waals surface area contributed by atoms with Gasteiger partial charge in [-0.1, -0.05) is 35.5 Å². The van der Waals surface area contributed by atoms with Gasteiger partial charge in [0, 0.05) is 24.7 Å². The summed E-state index contributed by atoms with van der Waals surface area (Å²) in [5, 5.41) is 8.33. The molecule has 1 aliphatic rings. The lowest BCUT2D eigenvalue weighted by Crippen LogP contribution is -2.35. The number of amides is 1. The normalized spacial score (nSPS) is 17.1. The molecule has 1 atom stereocenters. The Bertz CT molecular complexity index is 903. The minimum atomic E-state index is 0.119. The smallest absolute Gasteiger partial charge is 0.254 e. The zero-order chi connectivity index (χ0) is 17.9.